The maximum atomic E-state index is 11.1. The predicted molar refractivity (Wildman–Crippen MR) is 551 cm³/mol. The molecule has 8 heteroatoms. The van der Waals surface area contributed by atoms with Gasteiger partial charge in [-0.1, -0.05) is 214 Å². The first-order chi connectivity index (χ1) is 62.8. The van der Waals surface area contributed by atoms with E-state index in [0.717, 1.165) is 224 Å². The summed E-state index contributed by atoms with van der Waals surface area (Å²) in [6, 6.07) is 0. The smallest absolute Gasteiger partial charge is 0.129 e. The molecule has 0 unspecified atom stereocenters. The topological polar surface area (TPSA) is 121 Å². The third-order valence-electron chi connectivity index (χ3n) is 45.2. The number of aliphatic hydroxyl groups excluding tert-OH is 1. The summed E-state index contributed by atoms with van der Waals surface area (Å²) in [5.74, 6) is 41.4. The second kappa shape index (κ2) is 37.3. The van der Waals surface area contributed by atoms with Crippen molar-refractivity contribution in [3.63, 3.8) is 0 Å². The van der Waals surface area contributed by atoms with E-state index in [-0.39, 0.29) is 6.61 Å². The van der Waals surface area contributed by atoms with Crippen molar-refractivity contribution in [2.24, 2.45) is 193 Å². The molecule has 0 saturated heterocycles. The summed E-state index contributed by atoms with van der Waals surface area (Å²) in [6.45, 7) is 48.0. The zero-order valence-corrected chi connectivity index (χ0v) is 87.7. The third kappa shape index (κ3) is 18.3. The van der Waals surface area contributed by atoms with Gasteiger partial charge in [0.1, 0.15) is 16.8 Å². The third-order valence-corrected chi connectivity index (χ3v) is 46.6. The van der Waals surface area contributed by atoms with Crippen molar-refractivity contribution in [3.8, 4) is 35.5 Å². The molecule has 23 aliphatic rings. The second-order valence-corrected chi connectivity index (χ2v) is 54.2. The van der Waals surface area contributed by atoms with Gasteiger partial charge in [-0.3, -0.25) is 0 Å². The molecule has 6 nitrogen and oxygen atoms in total. The molecule has 0 bridgehead atoms. The molecule has 23 aliphatic carbocycles. The Morgan fingerprint density at radius 1 is 0.318 bits per heavy atom. The SMILES string of the molecule is C=C(C)[C@H]1CC[C@H]2[C@@H]3CC(C)=C4C[C@](C)(O)CC[C@@H]4[C@H]3CC[C@]12C.C=C(C)[C@H]1CC[C@H]2[C@@H]3CC=C4C[C@@](O)(C#CC5CC5)CC[C@@H]4[C@H]3CC[C@]12C.C=C(CBr)[C@H]1CC[C@H]2[C@@H]3CC(C)=C4C[C@](C)(O)CC[C@@H]4[C@H]3CC[C@]12C.C=C(CBr)[C@H]1CC[C@H]2[C@@H]3CC=C4C[C@@](O)(C#CC5CC5)CC[C@@H]4[C@H]3CC[C@]12C.C=C(CO)[C@H]1CC[C@H]2[C@@H]3CC=C4C[C@@](O)(C#CC5CC5)CC[C@@H]4[C@H]3CC[C@]12C. The van der Waals surface area contributed by atoms with Crippen molar-refractivity contribution < 1.29 is 30.6 Å². The molecule has 0 aromatic carbocycles. The summed E-state index contributed by atoms with van der Waals surface area (Å²) in [6.07, 6.45) is 63.1. The van der Waals surface area contributed by atoms with Gasteiger partial charge in [-0.25, -0.2) is 0 Å². The Morgan fingerprint density at radius 3 is 0.864 bits per heavy atom. The zero-order chi connectivity index (χ0) is 93.1. The summed E-state index contributed by atoms with van der Waals surface area (Å²) >= 11 is 7.34. The fraction of sp³-hybridized carbons (Fsp3) is 0.790. The number of hydrogen-bond donors (Lipinski definition) is 6. The Morgan fingerprint density at radius 2 is 0.583 bits per heavy atom. The summed E-state index contributed by atoms with van der Waals surface area (Å²) in [5, 5.41) is 65.9. The standard InChI is InChI=1S/C26H35BrO.C26H36O2.C26H36O.C23H35BrO.C23H36O/c2*1-17(16-27)23-7-8-24-22-6-5-19-15-26(28,13-9-18-3-4-18)14-11-20(19)21(22)10-12-25(23,24)2;1-17(2)23-8-9-24-22-7-6-19-16-26(27,14-10-18-4-5-18)15-12-20(19)21(22)11-13-25(23,24)3;1-14-11-18-16(17-7-9-22(3,25)12-19(14)17)8-10-23(4)20(15(2)13-24)5-6-21(18)23;1-14(2)20-6-7-21-18-12-15(3)19-13-22(4,24)10-8-17(19)16(18)9-11-23(20,21)5/h5,18,20-24,28H,1,3-4,6-8,10-12,14-16H2,2H3;5,18,20-24,27-28H,1,3-4,6-8,10-12,14-16H2,2H3;6,18,20-24,27H,1,4-5,7-9,11-13,15-16H2,2-3H3;16-18,20-21,25H,2,5-13H2,1,3-4H3;16-18,20-21,24H,1,6-13H2,2-5H3/t3*20-,21+,22+,23+,24-,25+,26+;2*16-,17-,18-,20-,21+,22-,23-/m00011/s1. The highest BCUT2D eigenvalue weighted by atomic mass is 79.9. The minimum atomic E-state index is -0.766. The number of alkyl halides is 2. The number of aliphatic hydroxyl groups is 6. The molecular weight excluding hydrogens is 1750 g/mol. The molecule has 6 N–H and O–H groups in total. The van der Waals surface area contributed by atoms with Crippen molar-refractivity contribution in [2.75, 3.05) is 17.3 Å². The highest BCUT2D eigenvalue weighted by Gasteiger charge is 2.64. The largest absolute Gasteiger partial charge is 0.392 e. The molecule has 18 fully saturated rings. The van der Waals surface area contributed by atoms with Crippen molar-refractivity contribution in [3.05, 3.63) is 118 Å². The van der Waals surface area contributed by atoms with Crippen molar-refractivity contribution >= 4 is 31.9 Å². The Bertz CT molecular complexity index is 4670. The molecule has 724 valence electrons. The molecule has 0 radical (unpaired) electrons. The van der Waals surface area contributed by atoms with E-state index >= 15 is 0 Å². The van der Waals surface area contributed by atoms with Crippen LogP contribution in [0.3, 0.4) is 0 Å². The van der Waals surface area contributed by atoms with E-state index in [9.17, 15) is 30.6 Å². The lowest BCUT2D eigenvalue weighted by Crippen LogP contribution is -2.48. The van der Waals surface area contributed by atoms with Crippen LogP contribution in [0.2, 0.25) is 0 Å². The highest BCUT2D eigenvalue weighted by molar-refractivity contribution is 9.09. The van der Waals surface area contributed by atoms with Crippen LogP contribution in [0.5, 0.6) is 0 Å². The Kier molecular flexibility index (Phi) is 27.6. The van der Waals surface area contributed by atoms with Gasteiger partial charge in [-0.2, -0.15) is 0 Å². The van der Waals surface area contributed by atoms with E-state index in [1.165, 1.54) is 240 Å². The van der Waals surface area contributed by atoms with Crippen LogP contribution in [0, 0.1) is 228 Å². The molecule has 0 spiro atoms. The fourth-order valence-corrected chi connectivity index (χ4v) is 38.9. The summed E-state index contributed by atoms with van der Waals surface area (Å²) in [7, 11) is 0. The van der Waals surface area contributed by atoms with Crippen LogP contribution < -0.4 is 0 Å². The van der Waals surface area contributed by atoms with Gasteiger partial charge >= 0.3 is 0 Å². The molecule has 0 aliphatic heterocycles. The average molecular weight is 1920 g/mol. The quantitative estimate of drug-likeness (QED) is 0.0818. The summed E-state index contributed by atoms with van der Waals surface area (Å²) < 4.78 is 0. The van der Waals surface area contributed by atoms with Gasteiger partial charge < -0.3 is 30.6 Å². The molecule has 0 aromatic rings. The lowest BCUT2D eigenvalue weighted by atomic mass is 9.50. The lowest BCUT2D eigenvalue weighted by Gasteiger charge is -2.55. The number of halogens is 2. The summed E-state index contributed by atoms with van der Waals surface area (Å²) in [5.41, 5.74) is 17.0. The minimum Gasteiger partial charge on any atom is -0.392 e. The average Bonchev–Trinajstić information content (AvgIpc) is 1.56. The van der Waals surface area contributed by atoms with Gasteiger partial charge in [0.2, 0.25) is 0 Å². The van der Waals surface area contributed by atoms with Gasteiger partial charge in [-0.15, -0.1) is 0 Å². The van der Waals surface area contributed by atoms with Gasteiger partial charge in [0, 0.05) is 47.7 Å². The monoisotopic (exact) mass is 1920 g/mol. The Labute approximate surface area is 819 Å². The number of allylic oxidation sites excluding steroid dienone is 9. The van der Waals surface area contributed by atoms with E-state index in [2.05, 4.69) is 181 Å². The minimum absolute atomic E-state index is 0.147. The van der Waals surface area contributed by atoms with Crippen LogP contribution in [0.4, 0.5) is 0 Å². The Balaban J connectivity index is 0.000000107. The van der Waals surface area contributed by atoms with Crippen molar-refractivity contribution in [2.45, 2.75) is 400 Å². The fourth-order valence-electron chi connectivity index (χ4n) is 38.1. The summed E-state index contributed by atoms with van der Waals surface area (Å²) in [4.78, 5) is 0. The molecule has 0 heterocycles. The van der Waals surface area contributed by atoms with Crippen LogP contribution in [0.25, 0.3) is 0 Å². The van der Waals surface area contributed by atoms with E-state index in [1.807, 2.05) is 13.8 Å². The van der Waals surface area contributed by atoms with Gasteiger partial charge in [0.15, 0.2) is 0 Å². The van der Waals surface area contributed by atoms with Crippen molar-refractivity contribution in [1.29, 1.82) is 0 Å². The highest BCUT2D eigenvalue weighted by Crippen LogP contribution is 2.72. The number of fused-ring (bicyclic) bond motifs is 25. The molecule has 23 rings (SSSR count). The van der Waals surface area contributed by atoms with Gasteiger partial charge in [0.05, 0.1) is 17.8 Å². The van der Waals surface area contributed by atoms with E-state index in [0.29, 0.717) is 68.5 Å². The molecule has 0 amide bonds. The Hall–Kier alpha value is -3.20. The zero-order valence-electron chi connectivity index (χ0n) is 84.5. The van der Waals surface area contributed by atoms with E-state index in [4.69, 9.17) is 0 Å². The molecule has 0 aromatic heterocycles. The predicted octanol–water partition coefficient (Wildman–Crippen LogP) is 29.2. The first kappa shape index (κ1) is 97.6. The van der Waals surface area contributed by atoms with Crippen LogP contribution in [0.1, 0.15) is 372 Å². The second-order valence-electron chi connectivity index (χ2n) is 53.0. The maximum Gasteiger partial charge on any atom is 0.129 e. The lowest BCUT2D eigenvalue weighted by molar-refractivity contribution is -0.0311. The first-order valence-corrected chi connectivity index (χ1v) is 57.7. The van der Waals surface area contributed by atoms with E-state index in [1.54, 1.807) is 33.4 Å². The van der Waals surface area contributed by atoms with Gasteiger partial charge in [-0.05, 0) is 498 Å². The van der Waals surface area contributed by atoms with Crippen molar-refractivity contribution in [1.82, 2.24) is 0 Å². The van der Waals surface area contributed by atoms with Crippen LogP contribution in [0.15, 0.2) is 118 Å². The maximum absolute atomic E-state index is 11.1. The molecule has 18 saturated carbocycles. The molecule has 132 heavy (non-hydrogen) atoms. The molecular formula is C124H178Br2O6. The van der Waals surface area contributed by atoms with E-state index < -0.39 is 28.0 Å². The number of rotatable bonds is 8. The first-order valence-electron chi connectivity index (χ1n) is 55.5. The molecule has 35 atom stereocenters. The van der Waals surface area contributed by atoms with Crippen LogP contribution >= 0.6 is 31.9 Å². The van der Waals surface area contributed by atoms with Gasteiger partial charge in [0.25, 0.3) is 0 Å². The normalized spacial score (nSPS) is 48.5. The van der Waals surface area contributed by atoms with Crippen LogP contribution in [-0.2, 0) is 0 Å². The van der Waals surface area contributed by atoms with Crippen LogP contribution in [-0.4, -0.2) is 75.9 Å². The number of hydrogen-bond acceptors (Lipinski definition) is 6.